The summed E-state index contributed by atoms with van der Waals surface area (Å²) >= 11 is 0. The molecule has 3 rings (SSSR count). The zero-order valence-electron chi connectivity index (χ0n) is 13.0. The molecular weight excluding hydrogens is 284 g/mol. The minimum Gasteiger partial charge on any atom is -0.396 e. The molecule has 2 atom stereocenters. The number of nitrogens with zero attached hydrogens (tertiary/aromatic N) is 4. The second-order valence-electron chi connectivity index (χ2n) is 5.84. The van der Waals surface area contributed by atoms with Crippen molar-refractivity contribution in [2.24, 2.45) is 13.0 Å². The second kappa shape index (κ2) is 6.60. The largest absolute Gasteiger partial charge is 0.396 e. The number of rotatable bonds is 6. The van der Waals surface area contributed by atoms with Gasteiger partial charge in [0.15, 0.2) is 5.82 Å². The van der Waals surface area contributed by atoms with Crippen LogP contribution in [0.4, 0.5) is 0 Å². The van der Waals surface area contributed by atoms with Crippen LogP contribution in [0.2, 0.25) is 0 Å². The molecule has 0 radical (unpaired) electrons. The van der Waals surface area contributed by atoms with Crippen molar-refractivity contribution in [3.05, 3.63) is 35.7 Å². The third-order valence-corrected chi connectivity index (χ3v) is 4.26. The third kappa shape index (κ3) is 3.06. The number of hydrogen-bond acceptors (Lipinski definition) is 6. The number of likely N-dealkylation sites (tertiary alicyclic amines) is 1. The predicted octanol–water partition coefficient (Wildman–Crippen LogP) is 0.762. The van der Waals surface area contributed by atoms with Gasteiger partial charge in [-0.1, -0.05) is 5.16 Å². The quantitative estimate of drug-likeness (QED) is 0.849. The van der Waals surface area contributed by atoms with Crippen LogP contribution in [0.1, 0.15) is 23.3 Å². The molecule has 0 saturated carbocycles. The molecule has 0 amide bonds. The van der Waals surface area contributed by atoms with Crippen molar-refractivity contribution in [2.75, 3.05) is 26.8 Å². The van der Waals surface area contributed by atoms with Crippen molar-refractivity contribution < 1.29 is 14.4 Å². The van der Waals surface area contributed by atoms with Crippen LogP contribution < -0.4 is 0 Å². The van der Waals surface area contributed by atoms with Crippen LogP contribution in [-0.2, 0) is 24.9 Å². The molecule has 1 N–H and O–H groups in total. The van der Waals surface area contributed by atoms with Crippen molar-refractivity contribution in [3.63, 3.8) is 0 Å². The Morgan fingerprint density at radius 2 is 2.32 bits per heavy atom. The zero-order chi connectivity index (χ0) is 15.5. The number of methoxy groups -OCH3 is 1. The van der Waals surface area contributed by atoms with E-state index >= 15 is 0 Å². The summed E-state index contributed by atoms with van der Waals surface area (Å²) in [6, 6.07) is 4.16. The van der Waals surface area contributed by atoms with Crippen molar-refractivity contribution in [1.82, 2.24) is 19.6 Å². The minimum atomic E-state index is 0.0726. The van der Waals surface area contributed by atoms with E-state index in [1.165, 1.54) is 5.69 Å². The summed E-state index contributed by atoms with van der Waals surface area (Å²) in [6.07, 6.45) is 2.04. The smallest absolute Gasteiger partial charge is 0.231 e. The van der Waals surface area contributed by atoms with Crippen LogP contribution >= 0.6 is 0 Å². The highest BCUT2D eigenvalue weighted by molar-refractivity contribution is 5.09. The van der Waals surface area contributed by atoms with E-state index in [1.54, 1.807) is 7.11 Å². The van der Waals surface area contributed by atoms with Gasteiger partial charge in [0.25, 0.3) is 0 Å². The summed E-state index contributed by atoms with van der Waals surface area (Å²) in [5.41, 5.74) is 1.25. The lowest BCUT2D eigenvalue weighted by atomic mass is 9.97. The zero-order valence-corrected chi connectivity index (χ0v) is 13.0. The lowest BCUT2D eigenvalue weighted by molar-refractivity contribution is 0.174. The number of aliphatic hydroxyl groups is 1. The van der Waals surface area contributed by atoms with Crippen LogP contribution in [0.25, 0.3) is 0 Å². The summed E-state index contributed by atoms with van der Waals surface area (Å²) < 4.78 is 12.5. The standard InChI is InChI=1S/C15H22N4O3/c1-18-5-3-4-12(18)7-19-6-11(9-20)13(8-19)15-16-14(10-21-2)17-22-15/h3-5,11,13,20H,6-10H2,1-2H3/t11-,13+/m0/s1. The van der Waals surface area contributed by atoms with Gasteiger partial charge in [-0.15, -0.1) is 0 Å². The fraction of sp³-hybridized carbons (Fsp3) is 0.600. The molecule has 0 aliphatic carbocycles. The summed E-state index contributed by atoms with van der Waals surface area (Å²) in [5, 5.41) is 13.6. The molecule has 0 aromatic carbocycles. The molecule has 0 unspecified atom stereocenters. The maximum atomic E-state index is 9.66. The van der Waals surface area contributed by atoms with Gasteiger partial charge in [0, 0.05) is 58.2 Å². The maximum absolute atomic E-state index is 9.66. The summed E-state index contributed by atoms with van der Waals surface area (Å²) in [4.78, 5) is 6.70. The Kier molecular flexibility index (Phi) is 4.56. The first-order valence-electron chi connectivity index (χ1n) is 7.46. The van der Waals surface area contributed by atoms with Crippen LogP contribution in [0, 0.1) is 5.92 Å². The number of hydrogen-bond donors (Lipinski definition) is 1. The summed E-state index contributed by atoms with van der Waals surface area (Å²) in [6.45, 7) is 2.96. The monoisotopic (exact) mass is 306 g/mol. The van der Waals surface area contributed by atoms with Gasteiger partial charge in [0.1, 0.15) is 6.61 Å². The molecule has 1 fully saturated rings. The average molecular weight is 306 g/mol. The van der Waals surface area contributed by atoms with Gasteiger partial charge < -0.3 is 18.9 Å². The van der Waals surface area contributed by atoms with Crippen LogP contribution in [0.5, 0.6) is 0 Å². The van der Waals surface area contributed by atoms with Gasteiger partial charge in [-0.05, 0) is 12.1 Å². The highest BCUT2D eigenvalue weighted by atomic mass is 16.5. The van der Waals surface area contributed by atoms with Crippen molar-refractivity contribution in [2.45, 2.75) is 19.1 Å². The Bertz CT molecular complexity index is 609. The van der Waals surface area contributed by atoms with E-state index in [4.69, 9.17) is 9.26 Å². The third-order valence-electron chi connectivity index (χ3n) is 4.26. The molecule has 2 aromatic heterocycles. The highest BCUT2D eigenvalue weighted by Gasteiger charge is 2.37. The lowest BCUT2D eigenvalue weighted by Gasteiger charge is -2.15. The Morgan fingerprint density at radius 3 is 3.00 bits per heavy atom. The average Bonchev–Trinajstić information content (AvgIpc) is 3.21. The Balaban J connectivity index is 1.70. The SMILES string of the molecule is COCc1noc([C@@H]2CN(Cc3cccn3C)C[C@H]2CO)n1. The molecule has 22 heavy (non-hydrogen) atoms. The molecule has 120 valence electrons. The molecule has 2 aromatic rings. The maximum Gasteiger partial charge on any atom is 0.231 e. The van der Waals surface area contributed by atoms with Crippen molar-refractivity contribution >= 4 is 0 Å². The summed E-state index contributed by atoms with van der Waals surface area (Å²) in [5.74, 6) is 1.34. The first-order chi connectivity index (χ1) is 10.7. The molecule has 7 heteroatoms. The number of aryl methyl sites for hydroxylation is 1. The first-order valence-corrected chi connectivity index (χ1v) is 7.46. The lowest BCUT2D eigenvalue weighted by Crippen LogP contribution is -2.22. The number of ether oxygens (including phenoxy) is 1. The van der Waals surface area contributed by atoms with Crippen molar-refractivity contribution in [3.8, 4) is 0 Å². The number of aliphatic hydroxyl groups excluding tert-OH is 1. The molecule has 7 nitrogen and oxygen atoms in total. The molecule has 3 heterocycles. The van der Waals surface area contributed by atoms with Gasteiger partial charge in [0.05, 0.1) is 5.92 Å². The highest BCUT2D eigenvalue weighted by Crippen LogP contribution is 2.32. The van der Waals surface area contributed by atoms with Crippen LogP contribution in [-0.4, -0.2) is 51.5 Å². The van der Waals surface area contributed by atoms with Gasteiger partial charge in [-0.2, -0.15) is 4.98 Å². The van der Waals surface area contributed by atoms with Gasteiger partial charge in [0.2, 0.25) is 5.89 Å². The van der Waals surface area contributed by atoms with E-state index in [0.29, 0.717) is 18.3 Å². The van der Waals surface area contributed by atoms with E-state index in [-0.39, 0.29) is 18.4 Å². The van der Waals surface area contributed by atoms with Gasteiger partial charge in [-0.25, -0.2) is 0 Å². The fourth-order valence-corrected chi connectivity index (χ4v) is 3.05. The Morgan fingerprint density at radius 1 is 1.45 bits per heavy atom. The van der Waals surface area contributed by atoms with Crippen LogP contribution in [0.3, 0.4) is 0 Å². The van der Waals surface area contributed by atoms with Gasteiger partial charge in [-0.3, -0.25) is 4.90 Å². The normalized spacial score (nSPS) is 22.5. The molecular formula is C15H22N4O3. The van der Waals surface area contributed by atoms with E-state index in [0.717, 1.165) is 19.6 Å². The second-order valence-corrected chi connectivity index (χ2v) is 5.84. The first kappa shape index (κ1) is 15.2. The van der Waals surface area contributed by atoms with Crippen molar-refractivity contribution in [1.29, 1.82) is 0 Å². The fourth-order valence-electron chi connectivity index (χ4n) is 3.05. The summed E-state index contributed by atoms with van der Waals surface area (Å²) in [7, 11) is 3.64. The van der Waals surface area contributed by atoms with E-state index < -0.39 is 0 Å². The van der Waals surface area contributed by atoms with E-state index in [1.807, 2.05) is 19.3 Å². The van der Waals surface area contributed by atoms with E-state index in [9.17, 15) is 5.11 Å². The molecule has 0 bridgehead atoms. The predicted molar refractivity (Wildman–Crippen MR) is 79.0 cm³/mol. The minimum absolute atomic E-state index is 0.0726. The Labute approximate surface area is 129 Å². The van der Waals surface area contributed by atoms with Crippen LogP contribution in [0.15, 0.2) is 22.9 Å². The molecule has 1 saturated heterocycles. The number of aromatic nitrogens is 3. The Hall–Kier alpha value is -1.70. The molecule has 0 spiro atoms. The molecule has 1 aliphatic heterocycles. The van der Waals surface area contributed by atoms with Gasteiger partial charge >= 0.3 is 0 Å². The molecule has 1 aliphatic rings. The topological polar surface area (TPSA) is 76.6 Å². The van der Waals surface area contributed by atoms with E-state index in [2.05, 4.69) is 25.7 Å².